The molecule has 0 unspecified atom stereocenters. The van der Waals surface area contributed by atoms with Crippen LogP contribution in [-0.4, -0.2) is 37.0 Å². The Kier molecular flexibility index (Phi) is 6.82. The molecule has 0 spiro atoms. The van der Waals surface area contributed by atoms with E-state index in [1.165, 1.54) is 10.2 Å². The minimum Gasteiger partial charge on any atom is -0.441 e. The standard InChI is InChI=1S/C26H24ClN7O3/c1-15(18-9-6-12-28-23(18)27)37-26(36)31-24-22(32-33-34(24)2)21-11-10-17(14-29-21)30-25(35)20-13-19(20)16-7-4-3-5-8-16/h3-12,14-15,19-20H,13H2,1-2H3,(H,30,35)(H,31,36)/t15-,19+,20-/m1/s1. The van der Waals surface area contributed by atoms with Gasteiger partial charge in [-0.05, 0) is 43.0 Å². The van der Waals surface area contributed by atoms with E-state index in [1.54, 1.807) is 50.6 Å². The van der Waals surface area contributed by atoms with Crippen LogP contribution < -0.4 is 10.6 Å². The summed E-state index contributed by atoms with van der Waals surface area (Å²) in [4.78, 5) is 33.7. The Morgan fingerprint density at radius 3 is 2.62 bits per heavy atom. The number of anilines is 2. The molecule has 1 aromatic carbocycles. The molecular weight excluding hydrogens is 494 g/mol. The van der Waals surface area contributed by atoms with Crippen LogP contribution >= 0.6 is 11.6 Å². The van der Waals surface area contributed by atoms with Crippen molar-refractivity contribution >= 4 is 35.1 Å². The van der Waals surface area contributed by atoms with Gasteiger partial charge < -0.3 is 10.1 Å². The SMILES string of the molecule is C[C@@H](OC(=O)Nc1c(-c2ccc(NC(=O)[C@@H]3C[C@H]3c3ccccc3)cn2)nnn1C)c1cccnc1Cl. The number of carbonyl (C=O) groups excluding carboxylic acids is 2. The van der Waals surface area contributed by atoms with Gasteiger partial charge in [-0.2, -0.15) is 0 Å². The van der Waals surface area contributed by atoms with Gasteiger partial charge >= 0.3 is 6.09 Å². The van der Waals surface area contributed by atoms with E-state index in [1.807, 2.05) is 30.3 Å². The number of nitrogens with one attached hydrogen (secondary N) is 2. The first-order chi connectivity index (χ1) is 17.9. The number of aryl methyl sites for hydroxylation is 1. The average Bonchev–Trinajstić information content (AvgIpc) is 3.63. The van der Waals surface area contributed by atoms with Gasteiger partial charge in [0.15, 0.2) is 11.5 Å². The lowest BCUT2D eigenvalue weighted by Crippen LogP contribution is -2.18. The van der Waals surface area contributed by atoms with Crippen molar-refractivity contribution in [2.45, 2.75) is 25.4 Å². The van der Waals surface area contributed by atoms with Crippen molar-refractivity contribution in [3.05, 3.63) is 83.3 Å². The molecule has 4 aromatic rings. The number of nitrogens with zero attached hydrogens (tertiary/aromatic N) is 5. The van der Waals surface area contributed by atoms with Crippen LogP contribution in [0.25, 0.3) is 11.4 Å². The molecule has 0 aliphatic heterocycles. The largest absolute Gasteiger partial charge is 0.441 e. The molecule has 2 amide bonds. The summed E-state index contributed by atoms with van der Waals surface area (Å²) in [6, 6.07) is 16.9. The van der Waals surface area contributed by atoms with E-state index in [2.05, 4.69) is 30.9 Å². The van der Waals surface area contributed by atoms with Crippen LogP contribution in [0.3, 0.4) is 0 Å². The Balaban J connectivity index is 1.22. The van der Waals surface area contributed by atoms with Crippen LogP contribution in [0.1, 0.15) is 36.5 Å². The average molecular weight is 518 g/mol. The van der Waals surface area contributed by atoms with Gasteiger partial charge in [0.05, 0.1) is 17.6 Å². The van der Waals surface area contributed by atoms with Gasteiger partial charge in [0, 0.05) is 24.7 Å². The molecule has 3 heterocycles. The topological polar surface area (TPSA) is 124 Å². The fraction of sp³-hybridized carbons (Fsp3) is 0.231. The number of ether oxygens (including phenoxy) is 1. The molecule has 0 radical (unpaired) electrons. The second-order valence-electron chi connectivity index (χ2n) is 8.75. The van der Waals surface area contributed by atoms with E-state index in [4.69, 9.17) is 16.3 Å². The molecule has 0 saturated heterocycles. The Morgan fingerprint density at radius 2 is 1.89 bits per heavy atom. The molecule has 1 aliphatic rings. The van der Waals surface area contributed by atoms with E-state index in [0.717, 1.165) is 6.42 Å². The van der Waals surface area contributed by atoms with Crippen molar-refractivity contribution in [1.29, 1.82) is 0 Å². The molecule has 1 fully saturated rings. The highest BCUT2D eigenvalue weighted by atomic mass is 35.5. The lowest BCUT2D eigenvalue weighted by Gasteiger charge is -2.15. The van der Waals surface area contributed by atoms with Gasteiger partial charge in [0.25, 0.3) is 0 Å². The molecule has 10 nitrogen and oxygen atoms in total. The summed E-state index contributed by atoms with van der Waals surface area (Å²) in [5, 5.41) is 14.0. The van der Waals surface area contributed by atoms with Gasteiger partial charge in [-0.25, -0.2) is 14.5 Å². The first-order valence-electron chi connectivity index (χ1n) is 11.7. The van der Waals surface area contributed by atoms with Crippen molar-refractivity contribution in [3.8, 4) is 11.4 Å². The van der Waals surface area contributed by atoms with Crippen LogP contribution in [0.15, 0.2) is 67.0 Å². The number of aromatic nitrogens is 5. The van der Waals surface area contributed by atoms with Gasteiger partial charge in [-0.1, -0.05) is 53.2 Å². The number of hydrogen-bond acceptors (Lipinski definition) is 7. The number of pyridine rings is 2. The molecule has 0 bridgehead atoms. The number of halogens is 1. The number of rotatable bonds is 7. The minimum absolute atomic E-state index is 0.0316. The van der Waals surface area contributed by atoms with Crippen molar-refractivity contribution in [3.63, 3.8) is 0 Å². The van der Waals surface area contributed by atoms with Crippen molar-refractivity contribution < 1.29 is 14.3 Å². The lowest BCUT2D eigenvalue weighted by molar-refractivity contribution is -0.117. The maximum atomic E-state index is 12.7. The Labute approximate surface area is 218 Å². The summed E-state index contributed by atoms with van der Waals surface area (Å²) in [6.07, 6.45) is 2.61. The fourth-order valence-electron chi connectivity index (χ4n) is 4.12. The summed E-state index contributed by atoms with van der Waals surface area (Å²) < 4.78 is 6.87. The normalized spacial score (nSPS) is 17.1. The highest BCUT2D eigenvalue weighted by Crippen LogP contribution is 2.47. The Hall–Kier alpha value is -4.31. The van der Waals surface area contributed by atoms with E-state index < -0.39 is 12.2 Å². The Morgan fingerprint density at radius 1 is 1.08 bits per heavy atom. The van der Waals surface area contributed by atoms with Crippen LogP contribution in [-0.2, 0) is 16.6 Å². The van der Waals surface area contributed by atoms with Crippen molar-refractivity contribution in [2.24, 2.45) is 13.0 Å². The molecule has 37 heavy (non-hydrogen) atoms. The first kappa shape index (κ1) is 24.4. The summed E-state index contributed by atoms with van der Waals surface area (Å²) >= 11 is 6.09. The van der Waals surface area contributed by atoms with E-state index in [-0.39, 0.29) is 22.9 Å². The van der Waals surface area contributed by atoms with Crippen LogP contribution in [0, 0.1) is 5.92 Å². The molecule has 2 N–H and O–H groups in total. The monoisotopic (exact) mass is 517 g/mol. The number of benzene rings is 1. The van der Waals surface area contributed by atoms with Crippen LogP contribution in [0.5, 0.6) is 0 Å². The minimum atomic E-state index is -0.708. The maximum Gasteiger partial charge on any atom is 0.413 e. The fourth-order valence-corrected chi connectivity index (χ4v) is 4.39. The van der Waals surface area contributed by atoms with Crippen LogP contribution in [0.2, 0.25) is 5.15 Å². The van der Waals surface area contributed by atoms with E-state index in [0.29, 0.717) is 28.5 Å². The number of hydrogen-bond donors (Lipinski definition) is 2. The summed E-state index contributed by atoms with van der Waals surface area (Å²) in [5.41, 5.74) is 3.17. The highest BCUT2D eigenvalue weighted by molar-refractivity contribution is 6.30. The molecule has 1 aliphatic carbocycles. The third-order valence-electron chi connectivity index (χ3n) is 6.19. The quantitative estimate of drug-likeness (QED) is 0.331. The molecule has 5 rings (SSSR count). The maximum absolute atomic E-state index is 12.7. The third kappa shape index (κ3) is 5.44. The van der Waals surface area contributed by atoms with Gasteiger partial charge in [0.1, 0.15) is 11.3 Å². The lowest BCUT2D eigenvalue weighted by atomic mass is 10.1. The zero-order valence-electron chi connectivity index (χ0n) is 20.1. The summed E-state index contributed by atoms with van der Waals surface area (Å²) in [7, 11) is 1.64. The predicted molar refractivity (Wildman–Crippen MR) is 138 cm³/mol. The van der Waals surface area contributed by atoms with Crippen LogP contribution in [0.4, 0.5) is 16.3 Å². The molecule has 188 valence electrons. The smallest absolute Gasteiger partial charge is 0.413 e. The van der Waals surface area contributed by atoms with Crippen molar-refractivity contribution in [2.75, 3.05) is 10.6 Å². The number of amides is 2. The Bertz CT molecular complexity index is 1430. The summed E-state index contributed by atoms with van der Waals surface area (Å²) in [5.74, 6) is 0.476. The molecule has 3 atom stereocenters. The van der Waals surface area contributed by atoms with Gasteiger partial charge in [-0.3, -0.25) is 15.1 Å². The van der Waals surface area contributed by atoms with Crippen molar-refractivity contribution in [1.82, 2.24) is 25.0 Å². The molecule has 1 saturated carbocycles. The van der Waals surface area contributed by atoms with E-state index >= 15 is 0 Å². The molecule has 11 heteroatoms. The second kappa shape index (κ2) is 10.4. The number of carbonyl (C=O) groups is 2. The zero-order valence-corrected chi connectivity index (χ0v) is 20.9. The third-order valence-corrected chi connectivity index (χ3v) is 6.50. The first-order valence-corrected chi connectivity index (χ1v) is 12.1. The zero-order chi connectivity index (χ0) is 25.9. The van der Waals surface area contributed by atoms with E-state index in [9.17, 15) is 9.59 Å². The van der Waals surface area contributed by atoms with Gasteiger partial charge in [-0.15, -0.1) is 5.10 Å². The molecule has 3 aromatic heterocycles. The second-order valence-corrected chi connectivity index (χ2v) is 9.10. The molecular formula is C26H24ClN7O3. The summed E-state index contributed by atoms with van der Waals surface area (Å²) in [6.45, 7) is 1.70. The predicted octanol–water partition coefficient (Wildman–Crippen LogP) is 4.98. The van der Waals surface area contributed by atoms with Gasteiger partial charge in [0.2, 0.25) is 5.91 Å². The highest BCUT2D eigenvalue weighted by Gasteiger charge is 2.43.